The third kappa shape index (κ3) is 4.16. The summed E-state index contributed by atoms with van der Waals surface area (Å²) in [7, 11) is 0. The lowest BCUT2D eigenvalue weighted by Crippen LogP contribution is -2.25. The minimum absolute atomic E-state index is 0.399. The number of aromatic nitrogens is 1. The van der Waals surface area contributed by atoms with Crippen molar-refractivity contribution < 1.29 is 9.84 Å². The highest BCUT2D eigenvalue weighted by molar-refractivity contribution is 5.33. The summed E-state index contributed by atoms with van der Waals surface area (Å²) in [5.74, 6) is 1.53. The fraction of sp³-hybridized carbons (Fsp3) is 0.583. The lowest BCUT2D eigenvalue weighted by Gasteiger charge is -2.12. The van der Waals surface area contributed by atoms with E-state index >= 15 is 0 Å². The molecule has 0 saturated heterocycles. The van der Waals surface area contributed by atoms with E-state index in [9.17, 15) is 5.11 Å². The molecule has 4 heteroatoms. The van der Waals surface area contributed by atoms with Gasteiger partial charge in [0, 0.05) is 19.3 Å². The normalized spacial score (nSPS) is 17.1. The molecule has 0 amide bonds. The Kier molecular flexibility index (Phi) is 4.13. The Balaban J connectivity index is 1.57. The third-order valence-electron chi connectivity index (χ3n) is 2.54. The van der Waals surface area contributed by atoms with E-state index in [4.69, 9.17) is 4.74 Å². The smallest absolute Gasteiger partial charge is 0.125 e. The standard InChI is InChI=1S/C12H18N2O2/c15-11(9-16-8-10-4-5-10)7-14-12-3-1-2-6-13-12/h1-3,6,10-11,15H,4-5,7-9H2,(H,13,14). The highest BCUT2D eigenvalue weighted by atomic mass is 16.5. The first-order valence-electron chi connectivity index (χ1n) is 5.75. The molecule has 0 aliphatic heterocycles. The van der Waals surface area contributed by atoms with Crippen LogP contribution in [0.1, 0.15) is 12.8 Å². The van der Waals surface area contributed by atoms with E-state index in [2.05, 4.69) is 10.3 Å². The SMILES string of the molecule is OC(CNc1ccccn1)COCC1CC1. The van der Waals surface area contributed by atoms with E-state index in [-0.39, 0.29) is 0 Å². The third-order valence-corrected chi connectivity index (χ3v) is 2.54. The molecule has 1 saturated carbocycles. The Morgan fingerprint density at radius 3 is 3.06 bits per heavy atom. The summed E-state index contributed by atoms with van der Waals surface area (Å²) in [6.07, 6.45) is 3.81. The second kappa shape index (κ2) is 5.82. The maximum Gasteiger partial charge on any atom is 0.125 e. The van der Waals surface area contributed by atoms with Crippen LogP contribution in [0.3, 0.4) is 0 Å². The molecule has 1 fully saturated rings. The molecule has 1 aliphatic carbocycles. The number of pyridine rings is 1. The van der Waals surface area contributed by atoms with Crippen LogP contribution >= 0.6 is 0 Å². The zero-order valence-corrected chi connectivity index (χ0v) is 9.30. The molecule has 1 heterocycles. The molecule has 0 bridgehead atoms. The average molecular weight is 222 g/mol. The van der Waals surface area contributed by atoms with E-state index in [1.54, 1.807) is 6.20 Å². The minimum Gasteiger partial charge on any atom is -0.389 e. The number of ether oxygens (including phenoxy) is 1. The van der Waals surface area contributed by atoms with Gasteiger partial charge in [0.05, 0.1) is 12.7 Å². The van der Waals surface area contributed by atoms with Gasteiger partial charge in [0.2, 0.25) is 0 Å². The maximum absolute atomic E-state index is 9.63. The van der Waals surface area contributed by atoms with Crippen LogP contribution in [0.15, 0.2) is 24.4 Å². The van der Waals surface area contributed by atoms with Crippen molar-refractivity contribution in [2.45, 2.75) is 18.9 Å². The molecule has 1 atom stereocenters. The van der Waals surface area contributed by atoms with Gasteiger partial charge in [-0.2, -0.15) is 0 Å². The molecule has 2 rings (SSSR count). The highest BCUT2D eigenvalue weighted by Gasteiger charge is 2.21. The number of nitrogens with zero attached hydrogens (tertiary/aromatic N) is 1. The average Bonchev–Trinajstić information content (AvgIpc) is 3.12. The summed E-state index contributed by atoms with van der Waals surface area (Å²) in [5, 5.41) is 12.7. The van der Waals surface area contributed by atoms with Gasteiger partial charge in [-0.25, -0.2) is 4.98 Å². The van der Waals surface area contributed by atoms with E-state index in [1.807, 2.05) is 18.2 Å². The van der Waals surface area contributed by atoms with Crippen molar-refractivity contribution in [1.82, 2.24) is 4.98 Å². The molecule has 1 aliphatic rings. The van der Waals surface area contributed by atoms with Crippen LogP contribution < -0.4 is 5.32 Å². The molecule has 0 radical (unpaired) electrons. The van der Waals surface area contributed by atoms with Crippen molar-refractivity contribution in [2.24, 2.45) is 5.92 Å². The fourth-order valence-corrected chi connectivity index (χ4v) is 1.40. The molecule has 1 unspecified atom stereocenters. The number of hydrogen-bond donors (Lipinski definition) is 2. The van der Waals surface area contributed by atoms with E-state index in [1.165, 1.54) is 12.8 Å². The number of rotatable bonds is 7. The van der Waals surface area contributed by atoms with Gasteiger partial charge in [0.1, 0.15) is 5.82 Å². The Morgan fingerprint density at radius 1 is 1.50 bits per heavy atom. The van der Waals surface area contributed by atoms with Crippen molar-refractivity contribution in [3.05, 3.63) is 24.4 Å². The van der Waals surface area contributed by atoms with Crippen molar-refractivity contribution >= 4 is 5.82 Å². The zero-order chi connectivity index (χ0) is 11.2. The zero-order valence-electron chi connectivity index (χ0n) is 9.30. The summed E-state index contributed by atoms with van der Waals surface area (Å²) in [4.78, 5) is 4.11. The summed E-state index contributed by atoms with van der Waals surface area (Å²) in [6.45, 7) is 1.67. The molecular weight excluding hydrogens is 204 g/mol. The molecule has 1 aromatic heterocycles. The van der Waals surface area contributed by atoms with Crippen LogP contribution in [0.25, 0.3) is 0 Å². The summed E-state index contributed by atoms with van der Waals surface area (Å²) in [5.41, 5.74) is 0. The van der Waals surface area contributed by atoms with Crippen molar-refractivity contribution in [3.8, 4) is 0 Å². The van der Waals surface area contributed by atoms with Crippen LogP contribution in [0, 0.1) is 5.92 Å². The van der Waals surface area contributed by atoms with Crippen molar-refractivity contribution in [2.75, 3.05) is 25.1 Å². The van der Waals surface area contributed by atoms with Crippen molar-refractivity contribution in [3.63, 3.8) is 0 Å². The summed E-state index contributed by atoms with van der Waals surface area (Å²) < 4.78 is 5.40. The topological polar surface area (TPSA) is 54.4 Å². The maximum atomic E-state index is 9.63. The second-order valence-corrected chi connectivity index (χ2v) is 4.23. The van der Waals surface area contributed by atoms with Gasteiger partial charge >= 0.3 is 0 Å². The Labute approximate surface area is 95.7 Å². The van der Waals surface area contributed by atoms with Gasteiger partial charge in [-0.1, -0.05) is 6.07 Å². The Bertz CT molecular complexity index is 301. The Hall–Kier alpha value is -1.13. The summed E-state index contributed by atoms with van der Waals surface area (Å²) >= 11 is 0. The molecule has 88 valence electrons. The monoisotopic (exact) mass is 222 g/mol. The molecule has 0 aromatic carbocycles. The number of nitrogens with one attached hydrogen (secondary N) is 1. The van der Waals surface area contributed by atoms with Gasteiger partial charge < -0.3 is 15.2 Å². The van der Waals surface area contributed by atoms with Crippen LogP contribution in [0.5, 0.6) is 0 Å². The first-order chi connectivity index (χ1) is 7.84. The van der Waals surface area contributed by atoms with Crippen LogP contribution in [-0.4, -0.2) is 36.0 Å². The molecule has 1 aromatic rings. The molecule has 4 nitrogen and oxygen atoms in total. The van der Waals surface area contributed by atoms with Gasteiger partial charge in [-0.15, -0.1) is 0 Å². The Morgan fingerprint density at radius 2 is 2.38 bits per heavy atom. The minimum atomic E-state index is -0.472. The molecular formula is C12H18N2O2. The summed E-state index contributed by atoms with van der Waals surface area (Å²) in [6, 6.07) is 5.64. The van der Waals surface area contributed by atoms with Crippen molar-refractivity contribution in [1.29, 1.82) is 0 Å². The van der Waals surface area contributed by atoms with Gasteiger partial charge in [0.15, 0.2) is 0 Å². The lowest BCUT2D eigenvalue weighted by molar-refractivity contribution is 0.0386. The molecule has 0 spiro atoms. The van der Waals surface area contributed by atoms with Gasteiger partial charge in [-0.05, 0) is 30.9 Å². The number of aliphatic hydroxyl groups is 1. The van der Waals surface area contributed by atoms with Gasteiger partial charge in [-0.3, -0.25) is 0 Å². The second-order valence-electron chi connectivity index (χ2n) is 4.23. The molecule has 2 N–H and O–H groups in total. The quantitative estimate of drug-likeness (QED) is 0.729. The molecule has 16 heavy (non-hydrogen) atoms. The van der Waals surface area contributed by atoms with Gasteiger partial charge in [0.25, 0.3) is 0 Å². The number of hydrogen-bond acceptors (Lipinski definition) is 4. The highest BCUT2D eigenvalue weighted by Crippen LogP contribution is 2.28. The van der Waals surface area contributed by atoms with E-state index in [0.29, 0.717) is 13.2 Å². The largest absolute Gasteiger partial charge is 0.389 e. The first-order valence-corrected chi connectivity index (χ1v) is 5.75. The lowest BCUT2D eigenvalue weighted by atomic mass is 10.3. The predicted octanol–water partition coefficient (Wildman–Crippen LogP) is 1.28. The van der Waals surface area contributed by atoms with Crippen LogP contribution in [0.4, 0.5) is 5.82 Å². The van der Waals surface area contributed by atoms with Crippen LogP contribution in [0.2, 0.25) is 0 Å². The fourth-order valence-electron chi connectivity index (χ4n) is 1.40. The van der Waals surface area contributed by atoms with E-state index < -0.39 is 6.10 Å². The van der Waals surface area contributed by atoms with Crippen LogP contribution in [-0.2, 0) is 4.74 Å². The predicted molar refractivity (Wildman–Crippen MR) is 62.3 cm³/mol. The first kappa shape index (κ1) is 11.4. The number of aliphatic hydroxyl groups excluding tert-OH is 1. The number of anilines is 1. The van der Waals surface area contributed by atoms with E-state index in [0.717, 1.165) is 18.3 Å².